The van der Waals surface area contributed by atoms with Crippen molar-refractivity contribution in [2.24, 2.45) is 0 Å². The molecule has 3 N–H and O–H groups in total. The lowest BCUT2D eigenvalue weighted by atomic mass is 9.87. The average Bonchev–Trinajstić information content (AvgIpc) is 3.60. The van der Waals surface area contributed by atoms with Crippen molar-refractivity contribution in [1.82, 2.24) is 35.0 Å². The zero-order valence-electron chi connectivity index (χ0n) is 35.8. The van der Waals surface area contributed by atoms with E-state index in [2.05, 4.69) is 41.7 Å². The number of nitrogens with one attached hydrogen (secondary N) is 3. The number of rotatable bonds is 12. The first-order valence-electron chi connectivity index (χ1n) is 21.9. The lowest BCUT2D eigenvalue weighted by molar-refractivity contribution is -0.137. The molecule has 2 aromatic heterocycles. The number of amides is 4. The summed E-state index contributed by atoms with van der Waals surface area (Å²) in [6.07, 6.45) is 7.23. The van der Waals surface area contributed by atoms with Gasteiger partial charge in [0.15, 0.2) is 18.2 Å². The van der Waals surface area contributed by atoms with Gasteiger partial charge in [-0.3, -0.25) is 34.2 Å². The zero-order chi connectivity index (χ0) is 43.9. The minimum Gasteiger partial charge on any atom is -0.478 e. The highest BCUT2D eigenvalue weighted by atomic mass is 35.5. The number of hydrogen-bond acceptors (Lipinski definition) is 13. The molecule has 1 saturated carbocycles. The van der Waals surface area contributed by atoms with Gasteiger partial charge in [0.05, 0.1) is 30.6 Å². The van der Waals surface area contributed by atoms with Gasteiger partial charge in [-0.05, 0) is 88.8 Å². The molecule has 332 valence electrons. The molecule has 6 heterocycles. The van der Waals surface area contributed by atoms with E-state index in [1.807, 2.05) is 44.2 Å². The molecule has 4 aliphatic heterocycles. The maximum absolute atomic E-state index is 13.5. The predicted molar refractivity (Wildman–Crippen MR) is 238 cm³/mol. The number of piperidine rings is 2. The Labute approximate surface area is 370 Å². The first-order chi connectivity index (χ1) is 30.4. The number of nitrogens with zero attached hydrogens (tertiary/aromatic N) is 7. The molecule has 5 aliphatic rings. The lowest BCUT2D eigenvalue weighted by Gasteiger charge is -2.48. The Bertz CT molecular complexity index is 2500. The maximum Gasteiger partial charge on any atom is 0.293 e. The Balaban J connectivity index is 0.775. The summed E-state index contributed by atoms with van der Waals surface area (Å²) < 4.78 is 13.9. The van der Waals surface area contributed by atoms with E-state index < -0.39 is 11.9 Å². The van der Waals surface area contributed by atoms with Gasteiger partial charge >= 0.3 is 0 Å². The van der Waals surface area contributed by atoms with Crippen LogP contribution in [-0.2, 0) is 25.7 Å². The van der Waals surface area contributed by atoms with Crippen LogP contribution >= 0.6 is 11.6 Å². The predicted octanol–water partition coefficient (Wildman–Crippen LogP) is 4.34. The summed E-state index contributed by atoms with van der Waals surface area (Å²) in [5.41, 5.74) is 3.78. The molecular weight excluding hydrogens is 828 g/mol. The first-order valence-corrected chi connectivity index (χ1v) is 22.3. The largest absolute Gasteiger partial charge is 0.478 e. The molecule has 63 heavy (non-hydrogen) atoms. The molecule has 4 fully saturated rings. The molecule has 1 unspecified atom stereocenters. The Hall–Kier alpha value is -5.78. The third-order valence-electron chi connectivity index (χ3n) is 13.0. The van der Waals surface area contributed by atoms with E-state index in [4.69, 9.17) is 26.1 Å². The third kappa shape index (κ3) is 8.65. The quantitative estimate of drug-likeness (QED) is 0.171. The number of aromatic nitrogens is 3. The second kappa shape index (κ2) is 17.8. The van der Waals surface area contributed by atoms with Crippen molar-refractivity contribution in [1.29, 1.82) is 0 Å². The second-order valence-electron chi connectivity index (χ2n) is 17.3. The molecule has 0 spiro atoms. The normalized spacial score (nSPS) is 22.0. The van der Waals surface area contributed by atoms with Crippen LogP contribution in [-0.4, -0.2) is 119 Å². The third-order valence-corrected chi connectivity index (χ3v) is 13.2. The maximum atomic E-state index is 13.5. The average molecular weight is 881 g/mol. The minimum atomic E-state index is -0.632. The van der Waals surface area contributed by atoms with E-state index in [0.29, 0.717) is 47.0 Å². The van der Waals surface area contributed by atoms with Crippen molar-refractivity contribution >= 4 is 69.3 Å². The Morgan fingerprint density at radius 2 is 1.79 bits per heavy atom. The number of likely N-dealkylation sites (N-methyl/N-ethyl adjacent to an activating group) is 1. The van der Waals surface area contributed by atoms with Gasteiger partial charge in [-0.25, -0.2) is 4.98 Å². The van der Waals surface area contributed by atoms with Crippen LogP contribution in [0.2, 0.25) is 5.02 Å². The number of hydrogen-bond donors (Lipinski definition) is 3. The summed E-state index contributed by atoms with van der Waals surface area (Å²) in [7, 11) is 1.51. The van der Waals surface area contributed by atoms with Gasteiger partial charge < -0.3 is 39.4 Å². The van der Waals surface area contributed by atoms with Crippen LogP contribution in [0.5, 0.6) is 5.75 Å². The number of carbonyl (C=O) groups is 4. The lowest BCUT2D eigenvalue weighted by Crippen LogP contribution is -2.56. The number of imide groups is 1. The molecule has 0 bridgehead atoms. The molecule has 17 nitrogen and oxygen atoms in total. The van der Waals surface area contributed by atoms with Gasteiger partial charge in [-0.15, -0.1) is 0 Å². The fourth-order valence-corrected chi connectivity index (χ4v) is 9.70. The minimum absolute atomic E-state index is 0.0908. The van der Waals surface area contributed by atoms with Crippen LogP contribution in [0.25, 0.3) is 10.9 Å². The molecule has 4 aromatic rings. The van der Waals surface area contributed by atoms with E-state index in [1.165, 1.54) is 7.05 Å². The Morgan fingerprint density at radius 3 is 2.56 bits per heavy atom. The van der Waals surface area contributed by atoms with Gasteiger partial charge in [0.2, 0.25) is 17.8 Å². The summed E-state index contributed by atoms with van der Waals surface area (Å²) in [6, 6.07) is 12.8. The van der Waals surface area contributed by atoms with E-state index in [1.54, 1.807) is 21.7 Å². The highest BCUT2D eigenvalue weighted by Crippen LogP contribution is 2.38. The molecule has 1 aliphatic carbocycles. The number of fused-ring (bicyclic) bond motifs is 2. The van der Waals surface area contributed by atoms with Crippen molar-refractivity contribution in [3.63, 3.8) is 0 Å². The van der Waals surface area contributed by atoms with Gasteiger partial charge in [0, 0.05) is 86.2 Å². The van der Waals surface area contributed by atoms with Crippen LogP contribution in [0.4, 0.5) is 23.1 Å². The van der Waals surface area contributed by atoms with Crippen molar-refractivity contribution in [2.45, 2.75) is 95.7 Å². The monoisotopic (exact) mass is 880 g/mol. The molecule has 9 rings (SSSR count). The molecule has 2 aromatic carbocycles. The fraction of sp³-hybridized carbons (Fsp3) is 0.489. The van der Waals surface area contributed by atoms with E-state index in [0.717, 1.165) is 87.1 Å². The summed E-state index contributed by atoms with van der Waals surface area (Å²) in [6.45, 7) is 8.11. The zero-order valence-corrected chi connectivity index (χ0v) is 36.5. The van der Waals surface area contributed by atoms with Gasteiger partial charge in [0.1, 0.15) is 11.1 Å². The summed E-state index contributed by atoms with van der Waals surface area (Å²) >= 11 is 6.61. The van der Waals surface area contributed by atoms with E-state index in [9.17, 15) is 24.0 Å². The van der Waals surface area contributed by atoms with Crippen LogP contribution in [0.3, 0.4) is 0 Å². The van der Waals surface area contributed by atoms with Gasteiger partial charge in [-0.2, -0.15) is 4.98 Å². The van der Waals surface area contributed by atoms with Gasteiger partial charge in [0.25, 0.3) is 17.4 Å². The summed E-state index contributed by atoms with van der Waals surface area (Å²) in [5.74, 6) is -0.0340. The molecule has 1 atom stereocenters. The smallest absolute Gasteiger partial charge is 0.293 e. The van der Waals surface area contributed by atoms with E-state index in [-0.39, 0.29) is 60.3 Å². The van der Waals surface area contributed by atoms with Gasteiger partial charge in [-0.1, -0.05) is 17.7 Å². The first kappa shape index (κ1) is 42.5. The topological polar surface area (TPSA) is 184 Å². The molecular formula is C45H53ClN10O7. The molecule has 18 heteroatoms. The van der Waals surface area contributed by atoms with Crippen molar-refractivity contribution in [2.75, 3.05) is 61.6 Å². The summed E-state index contributed by atoms with van der Waals surface area (Å²) in [5, 5.41) is 9.36. The number of carbonyl (C=O) groups excluding carboxylic acids is 4. The highest BCUT2D eigenvalue weighted by Gasteiger charge is 2.42. The van der Waals surface area contributed by atoms with E-state index >= 15 is 0 Å². The van der Waals surface area contributed by atoms with Crippen LogP contribution < -0.4 is 36.0 Å². The number of anilines is 4. The number of ether oxygens (including phenoxy) is 2. The standard InChI is InChI=1S/C45H53ClN10O7/c1-26(2)56-35-9-8-28(18-27(35)19-38(44(56)61)62-24-40(58)47-3)49-41-34(46)22-48-45(51-41)52-16-12-30(13-17-52)63-31-20-29(21-31)53-14-5-15-54(25-53)36-7-4-6-32-33(36)23-55(43(32)60)37-10-11-39(57)50-42(37)59/h4,6-9,18-19,22,26,29-31,37H,5,10-17,20-21,23-25H2,1-3H3,(H,47,58)(H,48,49,51)(H,50,57,59). The molecule has 3 saturated heterocycles. The SMILES string of the molecule is CNC(=O)COc1cc2cc(Nc3nc(N4CCC(OC5CC(N6CCCN(c7cccc8c7CN(C7CCC(=O)NC7=O)C8=O)C6)C5)CC4)ncc3Cl)ccc2n(C(C)C)c1=O. The van der Waals surface area contributed by atoms with Crippen molar-refractivity contribution in [3.05, 3.63) is 75.2 Å². The Morgan fingerprint density at radius 1 is 0.984 bits per heavy atom. The number of halogens is 1. The van der Waals surface area contributed by atoms with Crippen LogP contribution in [0.15, 0.2) is 53.5 Å². The van der Waals surface area contributed by atoms with Crippen LogP contribution in [0.1, 0.15) is 80.8 Å². The molecule has 4 amide bonds. The Kier molecular flexibility index (Phi) is 12.0. The number of pyridine rings is 1. The van der Waals surface area contributed by atoms with Crippen molar-refractivity contribution < 1.29 is 28.7 Å². The van der Waals surface area contributed by atoms with Crippen molar-refractivity contribution in [3.8, 4) is 5.75 Å². The van der Waals surface area contributed by atoms with Crippen LogP contribution in [0, 0.1) is 0 Å². The second-order valence-corrected chi connectivity index (χ2v) is 17.8. The fourth-order valence-electron chi connectivity index (χ4n) is 9.56. The summed E-state index contributed by atoms with van der Waals surface area (Å²) in [4.78, 5) is 81.0. The highest BCUT2D eigenvalue weighted by molar-refractivity contribution is 6.33. The number of benzene rings is 2. The molecule has 0 radical (unpaired) electrons.